The number of hydrogen-bond acceptors (Lipinski definition) is 3. The van der Waals surface area contributed by atoms with E-state index in [9.17, 15) is 9.59 Å². The Kier molecular flexibility index (Phi) is 4.01. The summed E-state index contributed by atoms with van der Waals surface area (Å²) in [6.07, 6.45) is 0. The van der Waals surface area contributed by atoms with Gasteiger partial charge >= 0.3 is 5.97 Å². The van der Waals surface area contributed by atoms with Crippen LogP contribution in [-0.2, 0) is 0 Å². The molecule has 4 nitrogen and oxygen atoms in total. The van der Waals surface area contributed by atoms with Crippen LogP contribution in [0, 0.1) is 0 Å². The minimum absolute atomic E-state index is 0.134. The van der Waals surface area contributed by atoms with E-state index >= 15 is 0 Å². The Hall–Kier alpha value is -1.66. The first-order chi connectivity index (χ1) is 9.00. The molecule has 1 aromatic heterocycles. The van der Waals surface area contributed by atoms with Crippen LogP contribution in [0.5, 0.6) is 0 Å². The first-order valence-electron chi connectivity index (χ1n) is 5.35. The third-order valence-corrected chi connectivity index (χ3v) is 4.44. The van der Waals surface area contributed by atoms with E-state index in [0.29, 0.717) is 10.6 Å². The SMILES string of the molecule is CN(C(=O)c1sccc1Br)c1ccc(C(=O)O)cc1. The number of carboxylic acids is 1. The Labute approximate surface area is 122 Å². The number of nitrogens with zero attached hydrogens (tertiary/aromatic N) is 1. The van der Waals surface area contributed by atoms with Crippen LogP contribution >= 0.6 is 27.3 Å². The summed E-state index contributed by atoms with van der Waals surface area (Å²) in [5, 5.41) is 10.7. The number of carboxylic acid groups (broad SMARTS) is 1. The van der Waals surface area contributed by atoms with E-state index in [2.05, 4.69) is 15.9 Å². The van der Waals surface area contributed by atoms with Crippen LogP contribution in [0.25, 0.3) is 0 Å². The molecular weight excluding hydrogens is 330 g/mol. The number of carbonyl (C=O) groups excluding carboxylic acids is 1. The van der Waals surface area contributed by atoms with E-state index in [-0.39, 0.29) is 11.5 Å². The predicted molar refractivity (Wildman–Crippen MR) is 78.2 cm³/mol. The number of rotatable bonds is 3. The van der Waals surface area contributed by atoms with E-state index < -0.39 is 5.97 Å². The van der Waals surface area contributed by atoms with Crippen LogP contribution in [0.2, 0.25) is 0 Å². The Morgan fingerprint density at radius 1 is 1.21 bits per heavy atom. The van der Waals surface area contributed by atoms with Crippen molar-refractivity contribution < 1.29 is 14.7 Å². The molecule has 0 atom stereocenters. The van der Waals surface area contributed by atoms with E-state index in [0.717, 1.165) is 4.47 Å². The van der Waals surface area contributed by atoms with Crippen molar-refractivity contribution in [3.8, 4) is 0 Å². The van der Waals surface area contributed by atoms with Gasteiger partial charge in [-0.2, -0.15) is 0 Å². The number of benzene rings is 1. The number of amides is 1. The molecule has 1 aromatic carbocycles. The Morgan fingerprint density at radius 2 is 1.84 bits per heavy atom. The normalized spacial score (nSPS) is 10.2. The van der Waals surface area contributed by atoms with Crippen molar-refractivity contribution in [3.63, 3.8) is 0 Å². The number of thiophene rings is 1. The molecule has 0 saturated carbocycles. The summed E-state index contributed by atoms with van der Waals surface area (Å²) in [6.45, 7) is 0. The lowest BCUT2D eigenvalue weighted by Crippen LogP contribution is -2.25. The van der Waals surface area contributed by atoms with E-state index in [4.69, 9.17) is 5.11 Å². The molecule has 0 spiro atoms. The van der Waals surface area contributed by atoms with Crippen molar-refractivity contribution in [1.82, 2.24) is 0 Å². The summed E-state index contributed by atoms with van der Waals surface area (Å²) < 4.78 is 0.761. The molecule has 6 heteroatoms. The molecule has 0 fully saturated rings. The molecule has 1 amide bonds. The second kappa shape index (κ2) is 5.54. The highest BCUT2D eigenvalue weighted by molar-refractivity contribution is 9.10. The van der Waals surface area contributed by atoms with Gasteiger partial charge in [0.1, 0.15) is 4.88 Å². The third kappa shape index (κ3) is 2.85. The zero-order chi connectivity index (χ0) is 14.0. The predicted octanol–water partition coefficient (Wildman–Crippen LogP) is 3.49. The van der Waals surface area contributed by atoms with Crippen LogP contribution in [0.15, 0.2) is 40.2 Å². The zero-order valence-electron chi connectivity index (χ0n) is 9.96. The van der Waals surface area contributed by atoms with Gasteiger partial charge in [-0.25, -0.2) is 4.79 Å². The molecule has 1 N–H and O–H groups in total. The fourth-order valence-electron chi connectivity index (χ4n) is 1.54. The minimum Gasteiger partial charge on any atom is -0.478 e. The van der Waals surface area contributed by atoms with Gasteiger partial charge in [-0.15, -0.1) is 11.3 Å². The van der Waals surface area contributed by atoms with Crippen LogP contribution in [0.3, 0.4) is 0 Å². The smallest absolute Gasteiger partial charge is 0.335 e. The molecule has 1 heterocycles. The molecule has 98 valence electrons. The zero-order valence-corrected chi connectivity index (χ0v) is 12.4. The maximum absolute atomic E-state index is 12.2. The van der Waals surface area contributed by atoms with Gasteiger partial charge in [0, 0.05) is 17.2 Å². The summed E-state index contributed by atoms with van der Waals surface area (Å²) >= 11 is 4.68. The van der Waals surface area contributed by atoms with Gasteiger partial charge in [-0.1, -0.05) is 0 Å². The minimum atomic E-state index is -0.985. The molecule has 0 aliphatic carbocycles. The average molecular weight is 340 g/mol. The molecule has 0 saturated heterocycles. The topological polar surface area (TPSA) is 57.6 Å². The standard InChI is InChI=1S/C13H10BrNO3S/c1-15(12(16)11-10(14)6-7-19-11)9-4-2-8(3-5-9)13(17)18/h2-7H,1H3,(H,17,18). The van der Waals surface area contributed by atoms with Gasteiger partial charge in [-0.3, -0.25) is 4.79 Å². The summed E-state index contributed by atoms with van der Waals surface area (Å²) in [6, 6.07) is 8.00. The highest BCUT2D eigenvalue weighted by Crippen LogP contribution is 2.26. The van der Waals surface area contributed by atoms with Crippen LogP contribution in [0.1, 0.15) is 20.0 Å². The summed E-state index contributed by atoms with van der Waals surface area (Å²) in [4.78, 5) is 25.1. The van der Waals surface area contributed by atoms with Crippen molar-refractivity contribution in [1.29, 1.82) is 0 Å². The maximum atomic E-state index is 12.2. The average Bonchev–Trinajstić information content (AvgIpc) is 2.83. The lowest BCUT2D eigenvalue weighted by Gasteiger charge is -2.16. The highest BCUT2D eigenvalue weighted by Gasteiger charge is 2.17. The van der Waals surface area contributed by atoms with Gasteiger partial charge in [0.05, 0.1) is 5.56 Å². The Balaban J connectivity index is 2.24. The van der Waals surface area contributed by atoms with Crippen LogP contribution in [-0.4, -0.2) is 24.0 Å². The van der Waals surface area contributed by atoms with Gasteiger partial charge in [0.2, 0.25) is 0 Å². The molecule has 0 aliphatic rings. The van der Waals surface area contributed by atoms with E-state index in [1.165, 1.54) is 28.4 Å². The number of aromatic carboxylic acids is 1. The molecule has 2 aromatic rings. The van der Waals surface area contributed by atoms with Crippen molar-refractivity contribution >= 4 is 44.8 Å². The number of anilines is 1. The summed E-state index contributed by atoms with van der Waals surface area (Å²) in [5.41, 5.74) is 0.845. The summed E-state index contributed by atoms with van der Waals surface area (Å²) in [7, 11) is 1.66. The van der Waals surface area contributed by atoms with E-state index in [1.807, 2.05) is 11.4 Å². The lowest BCUT2D eigenvalue weighted by atomic mass is 10.2. The highest BCUT2D eigenvalue weighted by atomic mass is 79.9. The number of carbonyl (C=O) groups is 2. The fourth-order valence-corrected chi connectivity index (χ4v) is 3.06. The molecule has 0 aliphatic heterocycles. The molecule has 0 bridgehead atoms. The monoisotopic (exact) mass is 339 g/mol. The van der Waals surface area contributed by atoms with Crippen molar-refractivity contribution in [2.75, 3.05) is 11.9 Å². The molecule has 19 heavy (non-hydrogen) atoms. The van der Waals surface area contributed by atoms with Gasteiger partial charge in [0.25, 0.3) is 5.91 Å². The maximum Gasteiger partial charge on any atom is 0.335 e. The Bertz CT molecular complexity index is 621. The number of halogens is 1. The lowest BCUT2D eigenvalue weighted by molar-refractivity contribution is 0.0696. The van der Waals surface area contributed by atoms with Gasteiger partial charge < -0.3 is 10.0 Å². The second-order valence-corrected chi connectivity index (χ2v) is 5.58. The van der Waals surface area contributed by atoms with Gasteiger partial charge in [0.15, 0.2) is 0 Å². The Morgan fingerprint density at radius 3 is 2.32 bits per heavy atom. The van der Waals surface area contributed by atoms with Crippen LogP contribution < -0.4 is 4.90 Å². The first-order valence-corrected chi connectivity index (χ1v) is 7.02. The van der Waals surface area contributed by atoms with Gasteiger partial charge in [-0.05, 0) is 51.6 Å². The number of hydrogen-bond donors (Lipinski definition) is 1. The van der Waals surface area contributed by atoms with Crippen molar-refractivity contribution in [2.45, 2.75) is 0 Å². The molecule has 0 radical (unpaired) electrons. The summed E-state index contributed by atoms with van der Waals surface area (Å²) in [5.74, 6) is -1.12. The van der Waals surface area contributed by atoms with Crippen molar-refractivity contribution in [3.05, 3.63) is 50.6 Å². The van der Waals surface area contributed by atoms with Crippen LogP contribution in [0.4, 0.5) is 5.69 Å². The first kappa shape index (κ1) is 13.8. The van der Waals surface area contributed by atoms with Crippen molar-refractivity contribution in [2.24, 2.45) is 0 Å². The third-order valence-electron chi connectivity index (χ3n) is 2.62. The second-order valence-electron chi connectivity index (χ2n) is 3.81. The van der Waals surface area contributed by atoms with E-state index in [1.54, 1.807) is 19.2 Å². The quantitative estimate of drug-likeness (QED) is 0.931. The molecule has 2 rings (SSSR count). The fraction of sp³-hybridized carbons (Fsp3) is 0.0769. The largest absolute Gasteiger partial charge is 0.478 e. The molecule has 0 unspecified atom stereocenters. The molecular formula is C13H10BrNO3S.